The highest BCUT2D eigenvalue weighted by molar-refractivity contribution is 6.09. The van der Waals surface area contributed by atoms with Gasteiger partial charge in [0.2, 0.25) is 5.91 Å². The van der Waals surface area contributed by atoms with Gasteiger partial charge in [-0.2, -0.15) is 0 Å². The maximum Gasteiger partial charge on any atom is 0.231 e. The highest BCUT2D eigenvalue weighted by Gasteiger charge is 2.18. The number of ketones is 1. The SMILES string of the molecule is Cc1ccc(F)c(NC(=O)[C@H](C)c2cccc(C(=O)c3ccccc3)c2)c1. The summed E-state index contributed by atoms with van der Waals surface area (Å²) in [6.45, 7) is 3.56. The summed E-state index contributed by atoms with van der Waals surface area (Å²) in [5.41, 5.74) is 2.81. The lowest BCUT2D eigenvalue weighted by atomic mass is 9.95. The number of carbonyl (C=O) groups is 2. The zero-order valence-electron chi connectivity index (χ0n) is 15.2. The Bertz CT molecular complexity index is 983. The first-order valence-corrected chi connectivity index (χ1v) is 8.72. The van der Waals surface area contributed by atoms with Crippen molar-refractivity contribution in [1.82, 2.24) is 0 Å². The molecule has 0 fully saturated rings. The fraction of sp³-hybridized carbons (Fsp3) is 0.130. The summed E-state index contributed by atoms with van der Waals surface area (Å²) < 4.78 is 13.9. The van der Waals surface area contributed by atoms with Crippen LogP contribution in [0.5, 0.6) is 0 Å². The molecule has 1 N–H and O–H groups in total. The van der Waals surface area contributed by atoms with Crippen LogP contribution < -0.4 is 5.32 Å². The van der Waals surface area contributed by atoms with Crippen molar-refractivity contribution in [3.8, 4) is 0 Å². The van der Waals surface area contributed by atoms with Gasteiger partial charge in [0.15, 0.2) is 5.78 Å². The van der Waals surface area contributed by atoms with Crippen LogP contribution in [0.3, 0.4) is 0 Å². The molecule has 3 aromatic carbocycles. The van der Waals surface area contributed by atoms with Crippen molar-refractivity contribution >= 4 is 17.4 Å². The first-order chi connectivity index (χ1) is 13.0. The van der Waals surface area contributed by atoms with E-state index in [1.54, 1.807) is 55.5 Å². The van der Waals surface area contributed by atoms with Gasteiger partial charge in [-0.05, 0) is 43.2 Å². The molecule has 27 heavy (non-hydrogen) atoms. The van der Waals surface area contributed by atoms with Crippen molar-refractivity contribution in [2.45, 2.75) is 19.8 Å². The Balaban J connectivity index is 1.80. The van der Waals surface area contributed by atoms with E-state index in [-0.39, 0.29) is 17.4 Å². The molecule has 0 radical (unpaired) electrons. The number of amides is 1. The Morgan fingerprint density at radius 3 is 2.33 bits per heavy atom. The van der Waals surface area contributed by atoms with Gasteiger partial charge in [0.1, 0.15) is 5.82 Å². The van der Waals surface area contributed by atoms with Gasteiger partial charge in [0, 0.05) is 11.1 Å². The predicted octanol–water partition coefficient (Wildman–Crippen LogP) is 5.11. The lowest BCUT2D eigenvalue weighted by molar-refractivity contribution is -0.117. The molecule has 0 spiro atoms. The van der Waals surface area contributed by atoms with Gasteiger partial charge in [-0.15, -0.1) is 0 Å². The summed E-state index contributed by atoms with van der Waals surface area (Å²) in [5, 5.41) is 2.63. The van der Waals surface area contributed by atoms with Gasteiger partial charge < -0.3 is 5.32 Å². The minimum absolute atomic E-state index is 0.102. The standard InChI is InChI=1S/C23H20FNO2/c1-15-11-12-20(24)21(13-15)25-23(27)16(2)18-9-6-10-19(14-18)22(26)17-7-4-3-5-8-17/h3-14,16H,1-2H3,(H,25,27)/t16-/m1/s1. The van der Waals surface area contributed by atoms with E-state index < -0.39 is 11.7 Å². The van der Waals surface area contributed by atoms with Crippen LogP contribution >= 0.6 is 0 Å². The fourth-order valence-corrected chi connectivity index (χ4v) is 2.83. The molecule has 0 unspecified atom stereocenters. The molecule has 136 valence electrons. The monoisotopic (exact) mass is 361 g/mol. The molecule has 0 heterocycles. The van der Waals surface area contributed by atoms with E-state index in [4.69, 9.17) is 0 Å². The summed E-state index contributed by atoms with van der Waals surface area (Å²) >= 11 is 0. The minimum atomic E-state index is -0.534. The van der Waals surface area contributed by atoms with Crippen LogP contribution in [0.1, 0.15) is 39.9 Å². The molecule has 3 nitrogen and oxygen atoms in total. The second-order valence-electron chi connectivity index (χ2n) is 6.51. The number of carbonyl (C=O) groups excluding carboxylic acids is 2. The molecule has 1 atom stereocenters. The summed E-state index contributed by atoms with van der Waals surface area (Å²) in [6.07, 6.45) is 0. The van der Waals surface area contributed by atoms with E-state index in [9.17, 15) is 14.0 Å². The number of anilines is 1. The number of hydrogen-bond donors (Lipinski definition) is 1. The molecule has 3 aromatic rings. The zero-order valence-corrected chi connectivity index (χ0v) is 15.2. The summed E-state index contributed by atoms with van der Waals surface area (Å²) in [4.78, 5) is 25.2. The molecular weight excluding hydrogens is 341 g/mol. The van der Waals surface area contributed by atoms with Crippen LogP contribution in [0.4, 0.5) is 10.1 Å². The van der Waals surface area contributed by atoms with Crippen molar-refractivity contribution < 1.29 is 14.0 Å². The highest BCUT2D eigenvalue weighted by Crippen LogP contribution is 2.22. The Hall–Kier alpha value is -3.27. The predicted molar refractivity (Wildman–Crippen MR) is 104 cm³/mol. The molecule has 0 saturated heterocycles. The summed E-state index contributed by atoms with van der Waals surface area (Å²) in [7, 11) is 0. The van der Waals surface area contributed by atoms with Crippen molar-refractivity contribution in [2.24, 2.45) is 0 Å². The molecule has 0 saturated carbocycles. The molecule has 3 rings (SSSR count). The fourth-order valence-electron chi connectivity index (χ4n) is 2.83. The van der Waals surface area contributed by atoms with Crippen molar-refractivity contribution in [1.29, 1.82) is 0 Å². The number of aryl methyl sites for hydroxylation is 1. The van der Waals surface area contributed by atoms with E-state index in [1.165, 1.54) is 6.07 Å². The third-order valence-corrected chi connectivity index (χ3v) is 4.46. The Morgan fingerprint density at radius 2 is 1.59 bits per heavy atom. The Kier molecular flexibility index (Phi) is 5.46. The number of nitrogens with one attached hydrogen (secondary N) is 1. The zero-order chi connectivity index (χ0) is 19.4. The number of benzene rings is 3. The van der Waals surface area contributed by atoms with Crippen molar-refractivity contribution in [3.05, 3.63) is 101 Å². The van der Waals surface area contributed by atoms with E-state index >= 15 is 0 Å². The maximum absolute atomic E-state index is 13.9. The quantitative estimate of drug-likeness (QED) is 0.642. The van der Waals surface area contributed by atoms with Crippen molar-refractivity contribution in [2.75, 3.05) is 5.32 Å². The average molecular weight is 361 g/mol. The molecule has 0 aliphatic carbocycles. The largest absolute Gasteiger partial charge is 0.323 e. The number of hydrogen-bond acceptors (Lipinski definition) is 2. The van der Waals surface area contributed by atoms with E-state index in [0.717, 1.165) is 5.56 Å². The second kappa shape index (κ2) is 7.96. The lowest BCUT2D eigenvalue weighted by Gasteiger charge is -2.14. The van der Waals surface area contributed by atoms with Crippen molar-refractivity contribution in [3.63, 3.8) is 0 Å². The molecule has 0 aliphatic rings. The number of halogens is 1. The normalized spacial score (nSPS) is 11.7. The van der Waals surface area contributed by atoms with Crippen LogP contribution in [0, 0.1) is 12.7 Å². The van der Waals surface area contributed by atoms with Gasteiger partial charge in [0.05, 0.1) is 11.6 Å². The van der Waals surface area contributed by atoms with Crippen LogP contribution in [0.15, 0.2) is 72.8 Å². The molecular formula is C23H20FNO2. The minimum Gasteiger partial charge on any atom is -0.323 e. The third-order valence-electron chi connectivity index (χ3n) is 4.46. The first-order valence-electron chi connectivity index (χ1n) is 8.72. The van der Waals surface area contributed by atoms with Crippen LogP contribution in [0.25, 0.3) is 0 Å². The molecule has 0 bridgehead atoms. The highest BCUT2D eigenvalue weighted by atomic mass is 19.1. The summed E-state index contributed by atoms with van der Waals surface area (Å²) in [5.74, 6) is -1.44. The van der Waals surface area contributed by atoms with E-state index in [2.05, 4.69) is 5.32 Å². The third kappa shape index (κ3) is 4.29. The molecule has 0 aromatic heterocycles. The average Bonchev–Trinajstić information content (AvgIpc) is 2.70. The summed E-state index contributed by atoms with van der Waals surface area (Å²) in [6, 6.07) is 20.5. The molecule has 4 heteroatoms. The second-order valence-corrected chi connectivity index (χ2v) is 6.51. The van der Waals surface area contributed by atoms with Crippen LogP contribution in [-0.4, -0.2) is 11.7 Å². The van der Waals surface area contributed by atoms with Crippen LogP contribution in [-0.2, 0) is 4.79 Å². The van der Waals surface area contributed by atoms with Gasteiger partial charge in [-0.3, -0.25) is 9.59 Å². The smallest absolute Gasteiger partial charge is 0.231 e. The van der Waals surface area contributed by atoms with Gasteiger partial charge in [-0.25, -0.2) is 4.39 Å². The number of rotatable bonds is 5. The Labute approximate surface area is 157 Å². The Morgan fingerprint density at radius 1 is 0.889 bits per heavy atom. The van der Waals surface area contributed by atoms with E-state index in [1.807, 2.05) is 25.1 Å². The van der Waals surface area contributed by atoms with Gasteiger partial charge in [0.25, 0.3) is 0 Å². The molecule has 1 amide bonds. The first kappa shape index (κ1) is 18.5. The van der Waals surface area contributed by atoms with Gasteiger partial charge in [-0.1, -0.05) is 54.6 Å². The van der Waals surface area contributed by atoms with Crippen LogP contribution in [0.2, 0.25) is 0 Å². The van der Waals surface area contributed by atoms with E-state index in [0.29, 0.717) is 16.7 Å². The van der Waals surface area contributed by atoms with Gasteiger partial charge >= 0.3 is 0 Å². The lowest BCUT2D eigenvalue weighted by Crippen LogP contribution is -2.20. The molecule has 0 aliphatic heterocycles. The topological polar surface area (TPSA) is 46.2 Å². The maximum atomic E-state index is 13.9.